The van der Waals surface area contributed by atoms with Crippen LogP contribution in [0, 0.1) is 0 Å². The van der Waals surface area contributed by atoms with Crippen LogP contribution in [0.3, 0.4) is 0 Å². The quantitative estimate of drug-likeness (QED) is 0.483. The van der Waals surface area contributed by atoms with E-state index >= 15 is 0 Å². The van der Waals surface area contributed by atoms with Crippen molar-refractivity contribution in [3.8, 4) is 23.0 Å². The maximum Gasteiger partial charge on any atom is 0.319 e. The number of benzene rings is 3. The van der Waals surface area contributed by atoms with Crippen molar-refractivity contribution in [3.63, 3.8) is 0 Å². The average molecular weight is 469 g/mol. The van der Waals surface area contributed by atoms with E-state index in [4.69, 9.17) is 30.5 Å². The number of methoxy groups -OCH3 is 2. The standard InChI is InChI=1S/C25H25ClN2O5/c1-30-20-7-3-16(4-8-20)11-19(12-17-5-9-23-24(13-17)33-15-32-23)27-25(29)28-21-14-18(26)6-10-22(21)31-2/h3-10,13-14,19H,11-12,15H2,1-2H3,(H2,27,28,29). The van der Waals surface area contributed by atoms with Gasteiger partial charge in [0.05, 0.1) is 19.9 Å². The molecule has 1 unspecified atom stereocenters. The van der Waals surface area contributed by atoms with E-state index < -0.39 is 0 Å². The number of halogens is 1. The van der Waals surface area contributed by atoms with E-state index in [0.717, 1.165) is 22.6 Å². The molecule has 0 aromatic heterocycles. The number of ether oxygens (including phenoxy) is 4. The van der Waals surface area contributed by atoms with Crippen LogP contribution in [-0.4, -0.2) is 33.1 Å². The van der Waals surface area contributed by atoms with E-state index in [1.807, 2.05) is 42.5 Å². The van der Waals surface area contributed by atoms with Gasteiger partial charge in [-0.3, -0.25) is 0 Å². The summed E-state index contributed by atoms with van der Waals surface area (Å²) in [6.45, 7) is 0.218. The first-order valence-corrected chi connectivity index (χ1v) is 10.8. The third-order valence-electron chi connectivity index (χ3n) is 5.31. The SMILES string of the molecule is COc1ccc(CC(Cc2ccc3c(c2)OCO3)NC(=O)Nc2cc(Cl)ccc2OC)cc1. The highest BCUT2D eigenvalue weighted by Gasteiger charge is 2.19. The predicted molar refractivity (Wildman–Crippen MR) is 127 cm³/mol. The van der Waals surface area contributed by atoms with Crippen LogP contribution in [0.1, 0.15) is 11.1 Å². The number of carbonyl (C=O) groups is 1. The van der Waals surface area contributed by atoms with Gasteiger partial charge in [-0.1, -0.05) is 29.8 Å². The molecule has 0 radical (unpaired) electrons. The lowest BCUT2D eigenvalue weighted by atomic mass is 9.98. The Morgan fingerprint density at radius 3 is 2.42 bits per heavy atom. The highest BCUT2D eigenvalue weighted by molar-refractivity contribution is 6.31. The Kier molecular flexibility index (Phi) is 7.10. The molecule has 3 aromatic rings. The number of urea groups is 1. The average Bonchev–Trinajstić information content (AvgIpc) is 3.27. The highest BCUT2D eigenvalue weighted by Crippen LogP contribution is 2.33. The van der Waals surface area contributed by atoms with Crippen molar-refractivity contribution in [1.29, 1.82) is 0 Å². The fourth-order valence-corrected chi connectivity index (χ4v) is 3.87. The summed E-state index contributed by atoms with van der Waals surface area (Å²) in [6.07, 6.45) is 1.22. The summed E-state index contributed by atoms with van der Waals surface area (Å²) >= 11 is 6.09. The number of nitrogens with one attached hydrogen (secondary N) is 2. The molecule has 172 valence electrons. The molecule has 0 bridgehead atoms. The van der Waals surface area contributed by atoms with Gasteiger partial charge in [-0.25, -0.2) is 4.79 Å². The molecule has 1 atom stereocenters. The number of rotatable bonds is 8. The Balaban J connectivity index is 1.51. The van der Waals surface area contributed by atoms with Gasteiger partial charge in [-0.15, -0.1) is 0 Å². The molecule has 0 saturated heterocycles. The summed E-state index contributed by atoms with van der Waals surface area (Å²) in [7, 11) is 3.17. The van der Waals surface area contributed by atoms with Crippen LogP contribution in [0.5, 0.6) is 23.0 Å². The number of anilines is 1. The lowest BCUT2D eigenvalue weighted by Crippen LogP contribution is -2.40. The third kappa shape index (κ3) is 5.81. The van der Waals surface area contributed by atoms with Crippen molar-refractivity contribution in [2.75, 3.05) is 26.3 Å². The van der Waals surface area contributed by atoms with Crippen LogP contribution >= 0.6 is 11.6 Å². The lowest BCUT2D eigenvalue weighted by molar-refractivity contribution is 0.174. The minimum Gasteiger partial charge on any atom is -0.497 e. The summed E-state index contributed by atoms with van der Waals surface area (Å²) in [4.78, 5) is 12.9. The molecule has 7 nitrogen and oxygen atoms in total. The minimum atomic E-state index is -0.352. The summed E-state index contributed by atoms with van der Waals surface area (Å²) in [5, 5.41) is 6.42. The Bertz CT molecular complexity index is 1120. The smallest absolute Gasteiger partial charge is 0.319 e. The van der Waals surface area contributed by atoms with Gasteiger partial charge in [0.25, 0.3) is 0 Å². The second-order valence-corrected chi connectivity index (χ2v) is 8.02. The van der Waals surface area contributed by atoms with Gasteiger partial charge < -0.3 is 29.6 Å². The maximum absolute atomic E-state index is 12.9. The topological polar surface area (TPSA) is 78.0 Å². The van der Waals surface area contributed by atoms with Crippen LogP contribution < -0.4 is 29.6 Å². The summed E-state index contributed by atoms with van der Waals surface area (Å²) in [6, 6.07) is 18.1. The first-order chi connectivity index (χ1) is 16.0. The Morgan fingerprint density at radius 1 is 0.939 bits per heavy atom. The molecule has 4 rings (SSSR count). The van der Waals surface area contributed by atoms with Gasteiger partial charge in [0.2, 0.25) is 6.79 Å². The van der Waals surface area contributed by atoms with Crippen LogP contribution in [0.4, 0.5) is 10.5 Å². The van der Waals surface area contributed by atoms with E-state index in [1.54, 1.807) is 32.4 Å². The van der Waals surface area contributed by atoms with Crippen molar-refractivity contribution < 1.29 is 23.7 Å². The molecular weight excluding hydrogens is 444 g/mol. The molecule has 0 aliphatic carbocycles. The summed E-state index contributed by atoms with van der Waals surface area (Å²) in [5.41, 5.74) is 2.59. The normalized spacial score (nSPS) is 12.7. The molecule has 8 heteroatoms. The molecule has 2 amide bonds. The molecule has 2 N–H and O–H groups in total. The zero-order valence-electron chi connectivity index (χ0n) is 18.4. The number of hydrogen-bond acceptors (Lipinski definition) is 5. The summed E-state index contributed by atoms with van der Waals surface area (Å²) in [5.74, 6) is 2.75. The number of amides is 2. The molecule has 0 fully saturated rings. The van der Waals surface area contributed by atoms with Crippen LogP contribution in [0.15, 0.2) is 60.7 Å². The van der Waals surface area contributed by atoms with Crippen LogP contribution in [0.2, 0.25) is 5.02 Å². The molecule has 1 heterocycles. The van der Waals surface area contributed by atoms with E-state index in [2.05, 4.69) is 10.6 Å². The maximum atomic E-state index is 12.9. The molecule has 3 aromatic carbocycles. The first-order valence-electron chi connectivity index (χ1n) is 10.5. The molecular formula is C25H25ClN2O5. The predicted octanol–water partition coefficient (Wildman–Crippen LogP) is 5.06. The third-order valence-corrected chi connectivity index (χ3v) is 5.54. The van der Waals surface area contributed by atoms with Gasteiger partial charge in [-0.05, 0) is 66.4 Å². The highest BCUT2D eigenvalue weighted by atomic mass is 35.5. The molecule has 33 heavy (non-hydrogen) atoms. The molecule has 1 aliphatic rings. The zero-order chi connectivity index (χ0) is 23.2. The molecule has 0 spiro atoms. The van der Waals surface area contributed by atoms with Crippen molar-refractivity contribution in [3.05, 3.63) is 76.8 Å². The van der Waals surface area contributed by atoms with Crippen LogP contribution in [-0.2, 0) is 12.8 Å². The number of carbonyl (C=O) groups excluding carboxylic acids is 1. The van der Waals surface area contributed by atoms with Crippen molar-refractivity contribution >= 4 is 23.3 Å². The van der Waals surface area contributed by atoms with E-state index in [9.17, 15) is 4.79 Å². The van der Waals surface area contributed by atoms with E-state index in [0.29, 0.717) is 35.1 Å². The van der Waals surface area contributed by atoms with E-state index in [-0.39, 0.29) is 18.9 Å². The Hall–Kier alpha value is -3.58. The minimum absolute atomic E-state index is 0.191. The lowest BCUT2D eigenvalue weighted by Gasteiger charge is -2.20. The van der Waals surface area contributed by atoms with Gasteiger partial charge >= 0.3 is 6.03 Å². The van der Waals surface area contributed by atoms with Gasteiger partial charge in [-0.2, -0.15) is 0 Å². The van der Waals surface area contributed by atoms with Crippen molar-refractivity contribution in [2.24, 2.45) is 0 Å². The fourth-order valence-electron chi connectivity index (χ4n) is 3.69. The second kappa shape index (κ2) is 10.4. The van der Waals surface area contributed by atoms with Crippen molar-refractivity contribution in [2.45, 2.75) is 18.9 Å². The largest absolute Gasteiger partial charge is 0.497 e. The Labute approximate surface area is 197 Å². The van der Waals surface area contributed by atoms with E-state index in [1.165, 1.54) is 0 Å². The fraction of sp³-hybridized carbons (Fsp3) is 0.240. The van der Waals surface area contributed by atoms with Gasteiger partial charge in [0.15, 0.2) is 11.5 Å². The second-order valence-electron chi connectivity index (χ2n) is 7.58. The monoisotopic (exact) mass is 468 g/mol. The molecule has 0 saturated carbocycles. The van der Waals surface area contributed by atoms with Gasteiger partial charge in [0, 0.05) is 11.1 Å². The van der Waals surface area contributed by atoms with Crippen molar-refractivity contribution in [1.82, 2.24) is 5.32 Å². The number of fused-ring (bicyclic) bond motifs is 1. The van der Waals surface area contributed by atoms with Gasteiger partial charge in [0.1, 0.15) is 11.5 Å². The Morgan fingerprint density at radius 2 is 1.67 bits per heavy atom. The zero-order valence-corrected chi connectivity index (χ0v) is 19.1. The molecule has 1 aliphatic heterocycles. The van der Waals surface area contributed by atoms with Crippen LogP contribution in [0.25, 0.3) is 0 Å². The summed E-state index contributed by atoms with van der Waals surface area (Å²) < 4.78 is 21.5. The first kappa shape index (κ1) is 22.6. The number of hydrogen-bond donors (Lipinski definition) is 2.